The van der Waals surface area contributed by atoms with Crippen LogP contribution in [0.4, 0.5) is 0 Å². The van der Waals surface area contributed by atoms with Crippen LogP contribution in [0.15, 0.2) is 0 Å². The van der Waals surface area contributed by atoms with E-state index >= 15 is 0 Å². The van der Waals surface area contributed by atoms with Gasteiger partial charge < -0.3 is 63.4 Å². The molecule has 1 aliphatic heterocycles. The molecule has 1 heterocycles. The lowest BCUT2D eigenvalue weighted by atomic mass is 10.0. The van der Waals surface area contributed by atoms with Gasteiger partial charge in [0.25, 0.3) is 0 Å². The summed E-state index contributed by atoms with van der Waals surface area (Å²) in [6.07, 6.45) is 1.12. The summed E-state index contributed by atoms with van der Waals surface area (Å²) >= 11 is 0. The first kappa shape index (κ1) is 53.6. The predicted octanol–water partition coefficient (Wildman–Crippen LogP) is -3.28. The van der Waals surface area contributed by atoms with E-state index in [9.17, 15) is 53.1 Å². The van der Waals surface area contributed by atoms with Crippen molar-refractivity contribution in [1.29, 1.82) is 0 Å². The number of carbonyl (C=O) groups excluding carboxylic acids is 9. The fraction of sp³-hybridized carbons (Fsp3) is 0.744. The molecule has 0 aliphatic carbocycles. The molecule has 0 aromatic rings. The lowest BCUT2D eigenvalue weighted by molar-refractivity contribution is -0.142. The molecule has 0 unspecified atom stereocenters. The normalized spacial score (nSPS) is 17.7. The number of nitrogens with two attached hydrogens (primary N) is 1. The number of carboxylic acids is 1. The second kappa shape index (κ2) is 25.4. The van der Waals surface area contributed by atoms with E-state index in [0.717, 1.165) is 0 Å². The molecule has 0 spiro atoms. The van der Waals surface area contributed by atoms with Crippen LogP contribution in [0.25, 0.3) is 0 Å². The summed E-state index contributed by atoms with van der Waals surface area (Å²) < 4.78 is 0. The maximum atomic E-state index is 13.4. The minimum atomic E-state index is -1.23. The summed E-state index contributed by atoms with van der Waals surface area (Å²) in [4.78, 5) is 129. The molecule has 22 heteroatoms. The monoisotopic (exact) mass is 869 g/mol. The Balaban J connectivity index is 2.80. The van der Waals surface area contributed by atoms with E-state index in [1.807, 2.05) is 0 Å². The molecule has 1 saturated heterocycles. The average molecular weight is 869 g/mol. The van der Waals surface area contributed by atoms with Gasteiger partial charge in [0, 0.05) is 6.54 Å². The molecule has 0 aromatic heterocycles. The number of likely N-dealkylation sites (tertiary alicyclic amines) is 1. The van der Waals surface area contributed by atoms with Crippen molar-refractivity contribution in [2.24, 2.45) is 23.5 Å². The van der Waals surface area contributed by atoms with Gasteiger partial charge in [-0.15, -0.1) is 0 Å². The summed E-state index contributed by atoms with van der Waals surface area (Å²) in [6.45, 7) is 15.1. The number of aliphatic hydroxyl groups excluding tert-OH is 1. The van der Waals surface area contributed by atoms with Crippen molar-refractivity contribution in [1.82, 2.24) is 47.4 Å². The van der Waals surface area contributed by atoms with Gasteiger partial charge in [-0.3, -0.25) is 43.2 Å². The third kappa shape index (κ3) is 18.0. The van der Waals surface area contributed by atoms with E-state index in [0.29, 0.717) is 12.8 Å². The fourth-order valence-electron chi connectivity index (χ4n) is 6.21. The Kier molecular flexibility index (Phi) is 22.3. The molecule has 1 rings (SSSR count). The van der Waals surface area contributed by atoms with E-state index < -0.39 is 133 Å². The minimum absolute atomic E-state index is 0.0179. The highest BCUT2D eigenvalue weighted by atomic mass is 16.4. The van der Waals surface area contributed by atoms with Gasteiger partial charge in [-0.2, -0.15) is 0 Å². The largest absolute Gasteiger partial charge is 0.480 e. The fourth-order valence-corrected chi connectivity index (χ4v) is 6.21. The Labute approximate surface area is 356 Å². The number of nitrogens with zero attached hydrogens (tertiary/aromatic N) is 1. The molecule has 9 amide bonds. The van der Waals surface area contributed by atoms with Crippen molar-refractivity contribution < 1.29 is 58.2 Å². The molecule has 0 radical (unpaired) electrons. The lowest BCUT2D eigenvalue weighted by Crippen LogP contribution is -2.59. The van der Waals surface area contributed by atoms with Gasteiger partial charge >= 0.3 is 5.97 Å². The molecule has 346 valence electrons. The van der Waals surface area contributed by atoms with Gasteiger partial charge in [-0.25, -0.2) is 4.79 Å². The van der Waals surface area contributed by atoms with E-state index in [-0.39, 0.29) is 31.2 Å². The Hall–Kier alpha value is -5.38. The highest BCUT2D eigenvalue weighted by Gasteiger charge is 2.39. The van der Waals surface area contributed by atoms with Crippen LogP contribution in [0.5, 0.6) is 0 Å². The number of aliphatic carboxylic acids is 1. The van der Waals surface area contributed by atoms with Gasteiger partial charge in [0.05, 0.1) is 13.2 Å². The predicted molar refractivity (Wildman–Crippen MR) is 220 cm³/mol. The molecule has 22 nitrogen and oxygen atoms in total. The van der Waals surface area contributed by atoms with E-state index in [2.05, 4.69) is 42.5 Å². The van der Waals surface area contributed by atoms with Crippen molar-refractivity contribution in [3.05, 3.63) is 0 Å². The minimum Gasteiger partial charge on any atom is -0.480 e. The number of aliphatic hydroxyl groups is 1. The number of carboxylic acid groups (broad SMARTS) is 1. The second-order valence-corrected chi connectivity index (χ2v) is 16.6. The van der Waals surface area contributed by atoms with Crippen LogP contribution in [-0.4, -0.2) is 148 Å². The third-order valence-electron chi connectivity index (χ3n) is 9.71. The lowest BCUT2D eigenvalue weighted by Gasteiger charge is -2.30. The third-order valence-corrected chi connectivity index (χ3v) is 9.71. The topological polar surface area (TPSA) is 337 Å². The summed E-state index contributed by atoms with van der Waals surface area (Å²) in [5, 5.41) is 38.4. The first-order chi connectivity index (χ1) is 28.3. The first-order valence-corrected chi connectivity index (χ1v) is 20.6. The van der Waals surface area contributed by atoms with Gasteiger partial charge in [0.2, 0.25) is 53.2 Å². The smallest absolute Gasteiger partial charge is 0.326 e. The van der Waals surface area contributed by atoms with Crippen molar-refractivity contribution in [2.75, 3.05) is 19.7 Å². The number of nitrogens with one attached hydrogen (secondary N) is 8. The second-order valence-electron chi connectivity index (χ2n) is 16.6. The van der Waals surface area contributed by atoms with Crippen LogP contribution in [0.3, 0.4) is 0 Å². The van der Waals surface area contributed by atoms with Crippen LogP contribution >= 0.6 is 0 Å². The Bertz CT molecular complexity index is 1590. The Morgan fingerprint density at radius 3 is 1.62 bits per heavy atom. The molecule has 9 atom stereocenters. The van der Waals surface area contributed by atoms with Crippen LogP contribution < -0.4 is 48.3 Å². The van der Waals surface area contributed by atoms with Gasteiger partial charge in [0.15, 0.2) is 0 Å². The Morgan fingerprint density at radius 2 is 1.10 bits per heavy atom. The van der Waals surface area contributed by atoms with Crippen molar-refractivity contribution in [2.45, 2.75) is 149 Å². The van der Waals surface area contributed by atoms with E-state index in [1.54, 1.807) is 41.5 Å². The van der Waals surface area contributed by atoms with Crippen molar-refractivity contribution in [3.63, 3.8) is 0 Å². The zero-order valence-corrected chi connectivity index (χ0v) is 36.9. The van der Waals surface area contributed by atoms with E-state index in [1.165, 1.54) is 32.6 Å². The summed E-state index contributed by atoms with van der Waals surface area (Å²) in [6, 6.07) is -10.1. The van der Waals surface area contributed by atoms with E-state index in [4.69, 9.17) is 10.8 Å². The first-order valence-electron chi connectivity index (χ1n) is 20.6. The van der Waals surface area contributed by atoms with Gasteiger partial charge in [-0.05, 0) is 71.1 Å². The molecule has 0 aromatic carbocycles. The maximum Gasteiger partial charge on any atom is 0.326 e. The number of rotatable bonds is 24. The maximum absolute atomic E-state index is 13.4. The highest BCUT2D eigenvalue weighted by Crippen LogP contribution is 2.19. The van der Waals surface area contributed by atoms with Crippen molar-refractivity contribution >= 4 is 59.1 Å². The average Bonchev–Trinajstić information content (AvgIpc) is 3.67. The molecule has 1 aliphatic rings. The summed E-state index contributed by atoms with van der Waals surface area (Å²) in [5.41, 5.74) is 5.51. The number of hydrogen-bond donors (Lipinski definition) is 11. The molecule has 0 bridgehead atoms. The molecule has 12 N–H and O–H groups in total. The van der Waals surface area contributed by atoms with Gasteiger partial charge in [0.1, 0.15) is 54.4 Å². The summed E-state index contributed by atoms with van der Waals surface area (Å²) in [7, 11) is 0. The molecule has 0 saturated carbocycles. The Morgan fingerprint density at radius 1 is 0.607 bits per heavy atom. The molecular formula is C39H68N10O12. The summed E-state index contributed by atoms with van der Waals surface area (Å²) in [5.74, 6) is -8.08. The zero-order valence-electron chi connectivity index (χ0n) is 36.9. The molecular weight excluding hydrogens is 800 g/mol. The van der Waals surface area contributed by atoms with Gasteiger partial charge in [-0.1, -0.05) is 41.5 Å². The quantitative estimate of drug-likeness (QED) is 0.0454. The van der Waals surface area contributed by atoms with Crippen LogP contribution in [0.2, 0.25) is 0 Å². The zero-order chi connectivity index (χ0) is 46.9. The van der Waals surface area contributed by atoms with Crippen molar-refractivity contribution in [3.8, 4) is 0 Å². The molecule has 61 heavy (non-hydrogen) atoms. The standard InChI is InChI=1S/C39H68N10O12/c1-18(2)14-26(35(56)43-22(8)32(53)42-23(9)33(54)47-27(39(60)61)15-19(3)4)46-29(51)16-41-31(52)21(7)44-37(58)30(20(5)6)48-36(57)28-12-11-13-49(28)38(59)24(10)45-34(55)25(40)17-50/h18-28,30,50H,11-17,40H2,1-10H3,(H,41,52)(H,42,53)(H,43,56)(H,44,58)(H,45,55)(H,46,51)(H,47,54)(H,48,57)(H,60,61)/t21-,22-,23-,24-,25-,26-,27-,28-,30-/m0/s1. The number of hydrogen-bond acceptors (Lipinski definition) is 12. The van der Waals surface area contributed by atoms with Crippen LogP contribution in [-0.2, 0) is 47.9 Å². The van der Waals surface area contributed by atoms with Crippen LogP contribution in [0.1, 0.15) is 94.9 Å². The van der Waals surface area contributed by atoms with Crippen LogP contribution in [0, 0.1) is 17.8 Å². The molecule has 1 fully saturated rings. The number of carbonyl (C=O) groups is 10. The SMILES string of the molecule is CC(C)C[C@H](NC(=O)[C@H](C)NC(=O)[C@H](C)NC(=O)[C@H](CC(C)C)NC(=O)CNC(=O)[C@H](C)NC(=O)[C@@H](NC(=O)[C@@H]1CCCN1C(=O)[C@H](C)NC(=O)[C@@H](N)CO)C(C)C)C(=O)O. The highest BCUT2D eigenvalue weighted by molar-refractivity contribution is 5.97. The number of amides is 9.